The lowest BCUT2D eigenvalue weighted by atomic mass is 10.0. The van der Waals surface area contributed by atoms with Gasteiger partial charge in [-0.15, -0.1) is 6.58 Å². The minimum Gasteiger partial charge on any atom is -0.493 e. The van der Waals surface area contributed by atoms with Gasteiger partial charge in [-0.25, -0.2) is 5.84 Å². The molecule has 0 aliphatic rings. The second kappa shape index (κ2) is 9.52. The van der Waals surface area contributed by atoms with Crippen LogP contribution in [0, 0.1) is 0 Å². The highest BCUT2D eigenvalue weighted by Crippen LogP contribution is 2.27. The van der Waals surface area contributed by atoms with Crippen LogP contribution in [-0.4, -0.2) is 6.61 Å². The van der Waals surface area contributed by atoms with Gasteiger partial charge in [0.25, 0.3) is 0 Å². The molecule has 0 bridgehead atoms. The maximum atomic E-state index is 6.32. The third kappa shape index (κ3) is 5.38. The second-order valence-electron chi connectivity index (χ2n) is 5.67. The monoisotopic (exact) mass is 338 g/mol. The van der Waals surface area contributed by atoms with E-state index in [1.807, 2.05) is 60.7 Å². The van der Waals surface area contributed by atoms with Gasteiger partial charge in [0.15, 0.2) is 0 Å². The van der Waals surface area contributed by atoms with Gasteiger partial charge in [-0.2, -0.15) is 0 Å². The maximum absolute atomic E-state index is 6.32. The van der Waals surface area contributed by atoms with E-state index < -0.39 is 6.04 Å². The smallest absolute Gasteiger partial charge is 0.124 e. The van der Waals surface area contributed by atoms with Crippen molar-refractivity contribution >= 4 is 5.69 Å². The van der Waals surface area contributed by atoms with E-state index in [-0.39, 0.29) is 0 Å². The molecule has 0 aliphatic heterocycles. The van der Waals surface area contributed by atoms with Crippen LogP contribution in [0.25, 0.3) is 0 Å². The van der Waals surface area contributed by atoms with Crippen molar-refractivity contribution in [2.45, 2.75) is 18.9 Å². The topological polar surface area (TPSA) is 90.5 Å². The van der Waals surface area contributed by atoms with Crippen molar-refractivity contribution in [3.63, 3.8) is 0 Å². The summed E-state index contributed by atoms with van der Waals surface area (Å²) in [5.41, 5.74) is 14.6. The van der Waals surface area contributed by atoms with Crippen LogP contribution in [0.15, 0.2) is 79.1 Å². The number of rotatable bonds is 9. The molecule has 2 aromatic rings. The normalized spacial score (nSPS) is 12.5. The van der Waals surface area contributed by atoms with Gasteiger partial charge in [-0.3, -0.25) is 5.01 Å². The minimum absolute atomic E-state index is 0.452. The Bertz CT molecular complexity index is 700. The molecule has 0 saturated heterocycles. The molecular weight excluding hydrogens is 312 g/mol. The zero-order chi connectivity index (χ0) is 18.1. The Morgan fingerprint density at radius 1 is 1.12 bits per heavy atom. The summed E-state index contributed by atoms with van der Waals surface area (Å²) in [5.74, 6) is 6.78. The second-order valence-corrected chi connectivity index (χ2v) is 5.67. The lowest BCUT2D eigenvalue weighted by Gasteiger charge is -2.20. The Balaban J connectivity index is 2.12. The van der Waals surface area contributed by atoms with E-state index in [4.69, 9.17) is 22.0 Å². The molecule has 132 valence electrons. The summed E-state index contributed by atoms with van der Waals surface area (Å²) >= 11 is 0. The zero-order valence-electron chi connectivity index (χ0n) is 14.3. The van der Waals surface area contributed by atoms with Crippen molar-refractivity contribution in [2.75, 3.05) is 11.6 Å². The number of hydrogen-bond acceptors (Lipinski definition) is 5. The summed E-state index contributed by atoms with van der Waals surface area (Å²) < 4.78 is 5.84. The fourth-order valence-electron chi connectivity index (χ4n) is 2.37. The fourth-order valence-corrected chi connectivity index (χ4v) is 2.37. The molecule has 0 amide bonds. The quantitative estimate of drug-likeness (QED) is 0.283. The van der Waals surface area contributed by atoms with Crippen LogP contribution in [0.1, 0.15) is 24.4 Å². The summed E-state index contributed by atoms with van der Waals surface area (Å²) in [6.07, 6.45) is 5.33. The van der Waals surface area contributed by atoms with Gasteiger partial charge < -0.3 is 16.2 Å². The molecule has 5 nitrogen and oxygen atoms in total. The van der Waals surface area contributed by atoms with Gasteiger partial charge in [-0.1, -0.05) is 42.5 Å². The average Bonchev–Trinajstić information content (AvgIpc) is 2.65. The molecule has 6 N–H and O–H groups in total. The highest BCUT2D eigenvalue weighted by Gasteiger charge is 2.15. The molecule has 1 atom stereocenters. The predicted molar refractivity (Wildman–Crippen MR) is 104 cm³/mol. The minimum atomic E-state index is -0.509. The standard InChI is InChI=1S/C20H26N4O/c1-2-3-9-14-25-19-13-8-7-12-17(19)20(22)18(21)15-24(23)16-10-5-4-6-11-16/h2,4-8,10-13,15,20H,1,3,9,14,21-23H2/b18-15-. The van der Waals surface area contributed by atoms with Crippen molar-refractivity contribution in [1.29, 1.82) is 0 Å². The first-order chi connectivity index (χ1) is 12.1. The Morgan fingerprint density at radius 3 is 2.52 bits per heavy atom. The average molecular weight is 338 g/mol. The SMILES string of the molecule is C=CCCCOc1ccccc1C(N)/C(N)=C/N(N)c1ccccc1. The maximum Gasteiger partial charge on any atom is 0.124 e. The van der Waals surface area contributed by atoms with Gasteiger partial charge in [0, 0.05) is 17.5 Å². The first-order valence-corrected chi connectivity index (χ1v) is 8.28. The number of para-hydroxylation sites is 2. The summed E-state index contributed by atoms with van der Waals surface area (Å²) in [6.45, 7) is 4.31. The van der Waals surface area contributed by atoms with E-state index in [1.165, 1.54) is 5.01 Å². The molecule has 2 rings (SSSR count). The highest BCUT2D eigenvalue weighted by atomic mass is 16.5. The van der Waals surface area contributed by atoms with Crippen molar-refractivity contribution in [1.82, 2.24) is 0 Å². The van der Waals surface area contributed by atoms with Crippen LogP contribution in [0.5, 0.6) is 5.75 Å². The molecule has 0 saturated carbocycles. The van der Waals surface area contributed by atoms with E-state index in [2.05, 4.69) is 6.58 Å². The number of nitrogens with two attached hydrogens (primary N) is 3. The third-order valence-electron chi connectivity index (χ3n) is 3.77. The van der Waals surface area contributed by atoms with E-state index >= 15 is 0 Å². The van der Waals surface area contributed by atoms with Gasteiger partial charge in [-0.05, 0) is 31.0 Å². The van der Waals surface area contributed by atoms with Crippen LogP contribution < -0.4 is 27.1 Å². The lowest BCUT2D eigenvalue weighted by molar-refractivity contribution is 0.308. The van der Waals surface area contributed by atoms with Crippen molar-refractivity contribution in [2.24, 2.45) is 17.3 Å². The van der Waals surface area contributed by atoms with Gasteiger partial charge in [0.05, 0.1) is 18.3 Å². The van der Waals surface area contributed by atoms with Gasteiger partial charge in [0.2, 0.25) is 0 Å². The molecule has 0 aliphatic carbocycles. The number of allylic oxidation sites excluding steroid dienone is 1. The highest BCUT2D eigenvalue weighted by molar-refractivity contribution is 5.48. The van der Waals surface area contributed by atoms with Crippen molar-refractivity contribution in [3.05, 3.63) is 84.7 Å². The number of unbranched alkanes of at least 4 members (excludes halogenated alkanes) is 1. The molecule has 25 heavy (non-hydrogen) atoms. The van der Waals surface area contributed by atoms with E-state index in [0.29, 0.717) is 12.3 Å². The molecule has 0 aromatic heterocycles. The van der Waals surface area contributed by atoms with Crippen LogP contribution in [0.4, 0.5) is 5.69 Å². The molecule has 1 unspecified atom stereocenters. The number of hydrazine groups is 1. The fraction of sp³-hybridized carbons (Fsp3) is 0.200. The van der Waals surface area contributed by atoms with Crippen LogP contribution >= 0.6 is 0 Å². The van der Waals surface area contributed by atoms with Crippen LogP contribution in [0.3, 0.4) is 0 Å². The van der Waals surface area contributed by atoms with E-state index in [9.17, 15) is 0 Å². The van der Waals surface area contributed by atoms with Crippen LogP contribution in [-0.2, 0) is 0 Å². The Hall–Kier alpha value is -2.76. The Kier molecular flexibility index (Phi) is 7.07. The Morgan fingerprint density at radius 2 is 1.80 bits per heavy atom. The van der Waals surface area contributed by atoms with E-state index in [1.54, 1.807) is 6.20 Å². The summed E-state index contributed by atoms with van der Waals surface area (Å²) in [5, 5.41) is 1.46. The molecule has 2 aromatic carbocycles. The summed E-state index contributed by atoms with van der Waals surface area (Å²) in [7, 11) is 0. The van der Waals surface area contributed by atoms with Crippen molar-refractivity contribution < 1.29 is 4.74 Å². The predicted octanol–water partition coefficient (Wildman–Crippen LogP) is 3.21. The number of anilines is 1. The molecule has 5 heteroatoms. The molecular formula is C20H26N4O. The molecule has 0 heterocycles. The first-order valence-electron chi connectivity index (χ1n) is 8.28. The number of nitrogens with zero attached hydrogens (tertiary/aromatic N) is 1. The van der Waals surface area contributed by atoms with Crippen LogP contribution in [0.2, 0.25) is 0 Å². The van der Waals surface area contributed by atoms with Gasteiger partial charge >= 0.3 is 0 Å². The van der Waals surface area contributed by atoms with Gasteiger partial charge in [0.1, 0.15) is 5.75 Å². The molecule has 0 spiro atoms. The Labute approximate surface area is 149 Å². The lowest BCUT2D eigenvalue weighted by Crippen LogP contribution is -2.29. The first kappa shape index (κ1) is 18.6. The van der Waals surface area contributed by atoms with E-state index in [0.717, 1.165) is 29.8 Å². The zero-order valence-corrected chi connectivity index (χ0v) is 14.3. The van der Waals surface area contributed by atoms with Crippen molar-refractivity contribution in [3.8, 4) is 5.75 Å². The summed E-state index contributed by atoms with van der Waals surface area (Å²) in [6, 6.07) is 16.7. The number of benzene rings is 2. The largest absolute Gasteiger partial charge is 0.493 e. The number of ether oxygens (including phenoxy) is 1. The molecule has 0 fully saturated rings. The summed E-state index contributed by atoms with van der Waals surface area (Å²) in [4.78, 5) is 0. The third-order valence-corrected chi connectivity index (χ3v) is 3.77. The molecule has 0 radical (unpaired) electrons. The number of hydrogen-bond donors (Lipinski definition) is 3.